The highest BCUT2D eigenvalue weighted by Gasteiger charge is 2.22. The van der Waals surface area contributed by atoms with Gasteiger partial charge in [-0.1, -0.05) is 11.6 Å². The third-order valence-corrected chi connectivity index (χ3v) is 4.25. The molecule has 2 aromatic carbocycles. The fraction of sp³-hybridized carbons (Fsp3) is 0.125. The fourth-order valence-electron chi connectivity index (χ4n) is 2.23. The highest BCUT2D eigenvalue weighted by atomic mass is 32.1. The van der Waals surface area contributed by atoms with Crippen LogP contribution in [0.25, 0.3) is 10.1 Å². The molecule has 1 amide bonds. The van der Waals surface area contributed by atoms with Gasteiger partial charge < -0.3 is 10.0 Å². The summed E-state index contributed by atoms with van der Waals surface area (Å²) in [6.07, 6.45) is 0. The van der Waals surface area contributed by atoms with Gasteiger partial charge in [-0.05, 0) is 42.7 Å². The van der Waals surface area contributed by atoms with E-state index >= 15 is 0 Å². The van der Waals surface area contributed by atoms with Crippen molar-refractivity contribution in [1.82, 2.24) is 4.37 Å². The number of hydrogen-bond acceptors (Lipinski definition) is 4. The van der Waals surface area contributed by atoms with E-state index in [1.807, 2.05) is 25.1 Å². The molecule has 22 heavy (non-hydrogen) atoms. The van der Waals surface area contributed by atoms with Crippen molar-refractivity contribution >= 4 is 33.2 Å². The zero-order valence-electron chi connectivity index (χ0n) is 12.0. The molecule has 4 nitrogen and oxygen atoms in total. The smallest absolute Gasteiger partial charge is 0.278 e. The first kappa shape index (κ1) is 14.5. The minimum atomic E-state index is -0.579. The van der Waals surface area contributed by atoms with Crippen molar-refractivity contribution < 1.29 is 14.3 Å². The fourth-order valence-corrected chi connectivity index (χ4v) is 2.98. The summed E-state index contributed by atoms with van der Waals surface area (Å²) in [5, 5.41) is 10.2. The summed E-state index contributed by atoms with van der Waals surface area (Å²) in [5.41, 5.74) is 1.32. The number of aromatic hydroxyl groups is 1. The molecule has 112 valence electrons. The van der Waals surface area contributed by atoms with Crippen LogP contribution in [0.4, 0.5) is 10.1 Å². The van der Waals surface area contributed by atoms with Gasteiger partial charge in [0.25, 0.3) is 5.91 Å². The van der Waals surface area contributed by atoms with Crippen molar-refractivity contribution in [1.29, 1.82) is 0 Å². The van der Waals surface area contributed by atoms with E-state index in [4.69, 9.17) is 0 Å². The van der Waals surface area contributed by atoms with E-state index in [9.17, 15) is 14.3 Å². The predicted molar refractivity (Wildman–Crippen MR) is 85.2 cm³/mol. The molecule has 0 saturated carbocycles. The number of carbonyl (C=O) groups is 1. The quantitative estimate of drug-likeness (QED) is 0.784. The molecule has 0 saturated heterocycles. The van der Waals surface area contributed by atoms with Gasteiger partial charge in [0.05, 0.1) is 10.4 Å². The second kappa shape index (κ2) is 5.38. The Morgan fingerprint density at radius 2 is 2.05 bits per heavy atom. The van der Waals surface area contributed by atoms with E-state index in [0.29, 0.717) is 0 Å². The van der Waals surface area contributed by atoms with Crippen LogP contribution in [0.2, 0.25) is 0 Å². The summed E-state index contributed by atoms with van der Waals surface area (Å²) >= 11 is 1.23. The molecule has 1 aromatic heterocycles. The SMILES string of the molecule is Cc1ccc2snc(C(=O)N(C)c3cc(O)ccc3F)c2c1. The molecular weight excluding hydrogens is 303 g/mol. The highest BCUT2D eigenvalue weighted by Crippen LogP contribution is 2.28. The summed E-state index contributed by atoms with van der Waals surface area (Å²) in [4.78, 5) is 13.8. The number of aromatic nitrogens is 1. The first-order valence-corrected chi connectivity index (χ1v) is 7.37. The molecule has 0 unspecified atom stereocenters. The van der Waals surface area contributed by atoms with Crippen molar-refractivity contribution in [2.45, 2.75) is 6.92 Å². The van der Waals surface area contributed by atoms with Gasteiger partial charge in [-0.3, -0.25) is 4.79 Å². The first-order valence-electron chi connectivity index (χ1n) is 6.60. The maximum Gasteiger partial charge on any atom is 0.278 e. The van der Waals surface area contributed by atoms with Gasteiger partial charge in [0.1, 0.15) is 17.3 Å². The van der Waals surface area contributed by atoms with Gasteiger partial charge in [0.15, 0.2) is 0 Å². The Morgan fingerprint density at radius 3 is 2.82 bits per heavy atom. The molecule has 0 fully saturated rings. The average Bonchev–Trinajstić information content (AvgIpc) is 2.91. The maximum absolute atomic E-state index is 13.9. The lowest BCUT2D eigenvalue weighted by molar-refractivity contribution is 0.0990. The van der Waals surface area contributed by atoms with E-state index in [1.54, 1.807) is 0 Å². The molecule has 3 rings (SSSR count). The lowest BCUT2D eigenvalue weighted by Crippen LogP contribution is -2.27. The highest BCUT2D eigenvalue weighted by molar-refractivity contribution is 7.13. The average molecular weight is 316 g/mol. The standard InChI is InChI=1S/C16H13FN2O2S/c1-9-3-6-14-11(7-9)15(18-22-14)16(21)19(2)13-8-10(20)4-5-12(13)17/h3-8,20H,1-2H3. The summed E-state index contributed by atoms with van der Waals surface area (Å²) in [6, 6.07) is 9.32. The second-order valence-electron chi connectivity index (χ2n) is 5.03. The van der Waals surface area contributed by atoms with Gasteiger partial charge in [0, 0.05) is 18.5 Å². The van der Waals surface area contributed by atoms with Crippen molar-refractivity contribution in [2.75, 3.05) is 11.9 Å². The van der Waals surface area contributed by atoms with Crippen molar-refractivity contribution in [2.24, 2.45) is 0 Å². The van der Waals surface area contributed by atoms with Crippen molar-refractivity contribution in [3.8, 4) is 5.75 Å². The van der Waals surface area contributed by atoms with Crippen LogP contribution in [0.5, 0.6) is 5.75 Å². The summed E-state index contributed by atoms with van der Waals surface area (Å²) in [7, 11) is 1.46. The Kier molecular flexibility index (Phi) is 3.54. The number of carbonyl (C=O) groups excluding carboxylic acids is 1. The molecule has 6 heteroatoms. The zero-order valence-corrected chi connectivity index (χ0v) is 12.8. The number of rotatable bonds is 2. The lowest BCUT2D eigenvalue weighted by atomic mass is 10.1. The van der Waals surface area contributed by atoms with Crippen LogP contribution < -0.4 is 4.90 Å². The molecular formula is C16H13FN2O2S. The van der Waals surface area contributed by atoms with Crippen molar-refractivity contribution in [3.63, 3.8) is 0 Å². The van der Waals surface area contributed by atoms with Gasteiger partial charge in [0.2, 0.25) is 0 Å². The molecule has 1 N–H and O–H groups in total. The molecule has 3 aromatic rings. The van der Waals surface area contributed by atoms with Gasteiger partial charge >= 0.3 is 0 Å². The van der Waals surface area contributed by atoms with Crippen LogP contribution >= 0.6 is 11.5 Å². The minimum Gasteiger partial charge on any atom is -0.508 e. The number of phenolic OH excluding ortho intramolecular Hbond substituents is 1. The van der Waals surface area contributed by atoms with Gasteiger partial charge in [-0.25, -0.2) is 4.39 Å². The first-order chi connectivity index (χ1) is 10.5. The molecule has 0 bridgehead atoms. The maximum atomic E-state index is 13.9. The normalized spacial score (nSPS) is 10.9. The predicted octanol–water partition coefficient (Wildman–Crippen LogP) is 3.73. The minimum absolute atomic E-state index is 0.0128. The molecule has 0 aliphatic carbocycles. The molecule has 0 atom stereocenters. The Bertz CT molecular complexity index is 876. The van der Waals surface area contributed by atoms with E-state index in [0.717, 1.165) is 26.6 Å². The number of aryl methyl sites for hydroxylation is 1. The number of phenols is 1. The van der Waals surface area contributed by atoms with E-state index in [1.165, 1.54) is 30.7 Å². The summed E-state index contributed by atoms with van der Waals surface area (Å²) < 4.78 is 19.0. The molecule has 1 heterocycles. The number of fused-ring (bicyclic) bond motifs is 1. The summed E-state index contributed by atoms with van der Waals surface area (Å²) in [6.45, 7) is 1.93. The number of benzene rings is 2. The van der Waals surface area contributed by atoms with Gasteiger partial charge in [-0.2, -0.15) is 4.37 Å². The van der Waals surface area contributed by atoms with Crippen LogP contribution in [-0.2, 0) is 0 Å². The molecule has 0 spiro atoms. The number of halogens is 1. The van der Waals surface area contributed by atoms with Crippen LogP contribution in [0.1, 0.15) is 16.1 Å². The Balaban J connectivity index is 2.05. The topological polar surface area (TPSA) is 53.4 Å². The third kappa shape index (κ3) is 2.42. The number of amides is 1. The van der Waals surface area contributed by atoms with Crippen molar-refractivity contribution in [3.05, 3.63) is 53.5 Å². The van der Waals surface area contributed by atoms with Crippen LogP contribution in [0, 0.1) is 12.7 Å². The van der Waals surface area contributed by atoms with Crippen LogP contribution in [0.15, 0.2) is 36.4 Å². The lowest BCUT2D eigenvalue weighted by Gasteiger charge is -2.17. The Labute approximate surface area is 130 Å². The van der Waals surface area contributed by atoms with E-state index < -0.39 is 11.7 Å². The van der Waals surface area contributed by atoms with Crippen LogP contribution in [-0.4, -0.2) is 22.4 Å². The monoisotopic (exact) mass is 316 g/mol. The van der Waals surface area contributed by atoms with E-state index in [2.05, 4.69) is 4.37 Å². The number of nitrogens with zero attached hydrogens (tertiary/aromatic N) is 2. The van der Waals surface area contributed by atoms with E-state index in [-0.39, 0.29) is 17.1 Å². The Hall–Kier alpha value is -2.47. The second-order valence-corrected chi connectivity index (χ2v) is 5.84. The molecule has 0 aliphatic heterocycles. The Morgan fingerprint density at radius 1 is 1.27 bits per heavy atom. The molecule has 0 radical (unpaired) electrons. The summed E-state index contributed by atoms with van der Waals surface area (Å²) in [5.74, 6) is -1.10. The number of hydrogen-bond donors (Lipinski definition) is 1. The number of anilines is 1. The van der Waals surface area contributed by atoms with Crippen LogP contribution in [0.3, 0.4) is 0 Å². The third-order valence-electron chi connectivity index (χ3n) is 3.42. The molecule has 0 aliphatic rings. The van der Waals surface area contributed by atoms with Gasteiger partial charge in [-0.15, -0.1) is 0 Å². The zero-order chi connectivity index (χ0) is 15.9. The largest absolute Gasteiger partial charge is 0.508 e.